The zero-order chi connectivity index (χ0) is 29.0. The average Bonchev–Trinajstić information content (AvgIpc) is 2.83. The average molecular weight is 606 g/mol. The maximum absolute atomic E-state index is 12.9. The topological polar surface area (TPSA) is 34.1 Å². The quantitative estimate of drug-likeness (QED) is 0.147. The van der Waals surface area contributed by atoms with Crippen LogP contribution >= 0.6 is 15.9 Å². The van der Waals surface area contributed by atoms with Gasteiger partial charge in [-0.2, -0.15) is 0 Å². The van der Waals surface area contributed by atoms with Gasteiger partial charge >= 0.3 is 0 Å². The van der Waals surface area contributed by atoms with E-state index in [0.717, 1.165) is 37.4 Å². The van der Waals surface area contributed by atoms with Crippen molar-refractivity contribution in [2.24, 2.45) is 16.7 Å². The maximum atomic E-state index is 12.9. The molecule has 0 aliphatic carbocycles. The van der Waals surface area contributed by atoms with Crippen molar-refractivity contribution in [3.8, 4) is 0 Å². The largest absolute Gasteiger partial charge is 0.224 e. The first-order chi connectivity index (χ1) is 17.6. The summed E-state index contributed by atoms with van der Waals surface area (Å²) in [6.07, 6.45) is 15.1. The van der Waals surface area contributed by atoms with Gasteiger partial charge in [0.1, 0.15) is 0 Å². The van der Waals surface area contributed by atoms with E-state index in [2.05, 4.69) is 103 Å². The van der Waals surface area contributed by atoms with Gasteiger partial charge < -0.3 is 0 Å². The van der Waals surface area contributed by atoms with E-state index in [1.54, 1.807) is 24.3 Å². The Morgan fingerprint density at radius 2 is 1.39 bits per heavy atom. The lowest BCUT2D eigenvalue weighted by Gasteiger charge is -2.35. The molecule has 1 rings (SSSR count). The van der Waals surface area contributed by atoms with Crippen LogP contribution in [0.25, 0.3) is 0 Å². The molecule has 2 nitrogen and oxygen atoms in total. The Morgan fingerprint density at radius 3 is 1.95 bits per heavy atom. The SMILES string of the molecule is C/C(=C\CBr)CC/C=C(\C)C(C)(C)C(/C=C(\C)CC/C=C(\C)C(C)(C)C)CCCS(=O)(=O)c1ccccc1. The Morgan fingerprint density at radius 1 is 0.842 bits per heavy atom. The molecule has 1 atom stereocenters. The standard InChI is InChI=1S/C34H53BrO2S/c1-27(23-24-35)16-13-19-30(4)34(8,9)31(26-28(2)17-14-18-29(3)33(5,6)7)20-15-25-38(36,37)32-21-11-10-12-22-32/h10-12,18-19,21-23,26,31H,13-17,20,24-25H2,1-9H3/b27-23+,28-26+,29-18+,30-19+. The third kappa shape index (κ3) is 12.2. The van der Waals surface area contributed by atoms with E-state index in [9.17, 15) is 8.42 Å². The molecule has 0 fully saturated rings. The number of halogens is 1. The minimum atomic E-state index is -3.27. The van der Waals surface area contributed by atoms with E-state index in [0.29, 0.717) is 11.3 Å². The summed E-state index contributed by atoms with van der Waals surface area (Å²) in [6.45, 7) is 20.3. The highest BCUT2D eigenvalue weighted by atomic mass is 79.9. The second-order valence-electron chi connectivity index (χ2n) is 12.4. The molecule has 0 aliphatic rings. The molecule has 38 heavy (non-hydrogen) atoms. The third-order valence-electron chi connectivity index (χ3n) is 8.05. The number of hydrogen-bond acceptors (Lipinski definition) is 2. The predicted octanol–water partition coefficient (Wildman–Crippen LogP) is 10.7. The van der Waals surface area contributed by atoms with Crippen LogP contribution in [-0.2, 0) is 9.84 Å². The summed E-state index contributed by atoms with van der Waals surface area (Å²) in [5, 5.41) is 0.898. The van der Waals surface area contributed by atoms with E-state index < -0.39 is 9.84 Å². The molecule has 1 aromatic carbocycles. The van der Waals surface area contributed by atoms with Crippen LogP contribution in [0.4, 0.5) is 0 Å². The summed E-state index contributed by atoms with van der Waals surface area (Å²) >= 11 is 3.49. The second-order valence-corrected chi connectivity index (χ2v) is 15.2. The number of allylic oxidation sites excluding steroid dienone is 8. The van der Waals surface area contributed by atoms with Gasteiger partial charge in [0.2, 0.25) is 0 Å². The molecule has 214 valence electrons. The summed E-state index contributed by atoms with van der Waals surface area (Å²) in [6, 6.07) is 8.85. The van der Waals surface area contributed by atoms with Crippen LogP contribution < -0.4 is 0 Å². The van der Waals surface area contributed by atoms with Crippen LogP contribution in [0.5, 0.6) is 0 Å². The first-order valence-corrected chi connectivity index (χ1v) is 16.9. The molecular weight excluding hydrogens is 552 g/mol. The van der Waals surface area contributed by atoms with E-state index in [4.69, 9.17) is 0 Å². The Balaban J connectivity index is 3.09. The van der Waals surface area contributed by atoms with E-state index in [-0.39, 0.29) is 22.5 Å². The Labute approximate surface area is 243 Å². The van der Waals surface area contributed by atoms with Crippen LogP contribution in [0.2, 0.25) is 0 Å². The summed E-state index contributed by atoms with van der Waals surface area (Å²) in [4.78, 5) is 0.423. The molecule has 0 aliphatic heterocycles. The van der Waals surface area contributed by atoms with E-state index >= 15 is 0 Å². The molecule has 1 unspecified atom stereocenters. The molecule has 4 heteroatoms. The van der Waals surface area contributed by atoms with Gasteiger partial charge in [-0.25, -0.2) is 8.42 Å². The summed E-state index contributed by atoms with van der Waals surface area (Å²) < 4.78 is 25.8. The molecule has 1 aromatic rings. The fourth-order valence-corrected chi connectivity index (χ4v) is 6.35. The monoisotopic (exact) mass is 604 g/mol. The molecule has 0 bridgehead atoms. The van der Waals surface area contributed by atoms with Gasteiger partial charge in [-0.15, -0.1) is 0 Å². The van der Waals surface area contributed by atoms with Gasteiger partial charge in [0.15, 0.2) is 9.84 Å². The Kier molecular flexibility index (Phi) is 14.6. The Hall–Kier alpha value is -1.39. The fourth-order valence-electron chi connectivity index (χ4n) is 4.45. The molecule has 0 heterocycles. The highest BCUT2D eigenvalue weighted by Gasteiger charge is 2.30. The lowest BCUT2D eigenvalue weighted by molar-refractivity contribution is 0.298. The van der Waals surface area contributed by atoms with Crippen molar-refractivity contribution < 1.29 is 8.42 Å². The van der Waals surface area contributed by atoms with Crippen molar-refractivity contribution in [2.45, 2.75) is 106 Å². The predicted molar refractivity (Wildman–Crippen MR) is 172 cm³/mol. The number of alkyl halides is 1. The van der Waals surface area contributed by atoms with Crippen LogP contribution in [0.15, 0.2) is 81.8 Å². The van der Waals surface area contributed by atoms with Gasteiger partial charge in [0.05, 0.1) is 10.6 Å². The molecule has 0 saturated carbocycles. The Bertz CT molecular complexity index is 1080. The summed E-state index contributed by atoms with van der Waals surface area (Å²) in [5.41, 5.74) is 5.75. The highest BCUT2D eigenvalue weighted by Crippen LogP contribution is 2.40. The number of hydrogen-bond donors (Lipinski definition) is 0. The van der Waals surface area contributed by atoms with Crippen LogP contribution in [0.3, 0.4) is 0 Å². The molecule has 0 saturated heterocycles. The van der Waals surface area contributed by atoms with Crippen molar-refractivity contribution in [3.05, 3.63) is 76.9 Å². The maximum Gasteiger partial charge on any atom is 0.178 e. The second kappa shape index (κ2) is 16.0. The first-order valence-electron chi connectivity index (χ1n) is 14.1. The zero-order valence-electron chi connectivity index (χ0n) is 25.5. The van der Waals surface area contributed by atoms with Crippen LogP contribution in [0, 0.1) is 16.7 Å². The molecule has 0 radical (unpaired) electrons. The molecule has 0 N–H and O–H groups in total. The van der Waals surface area contributed by atoms with Gasteiger partial charge in [-0.05, 0) is 95.1 Å². The first kappa shape index (κ1) is 34.6. The normalized spacial score (nSPS) is 15.6. The smallest absolute Gasteiger partial charge is 0.178 e. The molecule has 0 aromatic heterocycles. The molecule has 0 spiro atoms. The van der Waals surface area contributed by atoms with Crippen LogP contribution in [-0.4, -0.2) is 19.5 Å². The zero-order valence-corrected chi connectivity index (χ0v) is 27.9. The minimum Gasteiger partial charge on any atom is -0.224 e. The fraction of sp³-hybridized carbons (Fsp3) is 0.588. The lowest BCUT2D eigenvalue weighted by atomic mass is 9.70. The third-order valence-corrected chi connectivity index (χ3v) is 10.2. The number of rotatable bonds is 15. The minimum absolute atomic E-state index is 0.0536. The summed E-state index contributed by atoms with van der Waals surface area (Å²) in [5.74, 6) is 0.458. The molecular formula is C34H53BrO2S. The van der Waals surface area contributed by atoms with Gasteiger partial charge in [0, 0.05) is 5.33 Å². The van der Waals surface area contributed by atoms with Gasteiger partial charge in [0.25, 0.3) is 0 Å². The van der Waals surface area contributed by atoms with Crippen molar-refractivity contribution in [3.63, 3.8) is 0 Å². The van der Waals surface area contributed by atoms with E-state index in [1.807, 2.05) is 6.07 Å². The molecule has 0 amide bonds. The van der Waals surface area contributed by atoms with Crippen molar-refractivity contribution in [1.82, 2.24) is 0 Å². The van der Waals surface area contributed by atoms with Gasteiger partial charge in [-0.3, -0.25) is 0 Å². The number of sulfone groups is 1. The van der Waals surface area contributed by atoms with Crippen LogP contribution in [0.1, 0.15) is 101 Å². The number of benzene rings is 1. The van der Waals surface area contributed by atoms with E-state index in [1.165, 1.54) is 22.3 Å². The summed E-state index contributed by atoms with van der Waals surface area (Å²) in [7, 11) is -3.27. The van der Waals surface area contributed by atoms with Crippen molar-refractivity contribution >= 4 is 25.8 Å². The van der Waals surface area contributed by atoms with Gasteiger partial charge in [-0.1, -0.05) is 115 Å². The lowest BCUT2D eigenvalue weighted by Crippen LogP contribution is -2.25. The van der Waals surface area contributed by atoms with Crippen molar-refractivity contribution in [1.29, 1.82) is 0 Å². The highest BCUT2D eigenvalue weighted by molar-refractivity contribution is 9.09. The van der Waals surface area contributed by atoms with Crippen molar-refractivity contribution in [2.75, 3.05) is 11.1 Å².